The van der Waals surface area contributed by atoms with E-state index in [0.717, 1.165) is 27.5 Å². The smallest absolute Gasteiger partial charge is 0.154 e. The van der Waals surface area contributed by atoms with E-state index in [-0.39, 0.29) is 0 Å². The number of rotatable bonds is 1. The van der Waals surface area contributed by atoms with Gasteiger partial charge in [-0.05, 0) is 15.9 Å². The van der Waals surface area contributed by atoms with Crippen molar-refractivity contribution in [2.45, 2.75) is 0 Å². The van der Waals surface area contributed by atoms with Crippen LogP contribution in [0.5, 0.6) is 0 Å². The molecular formula is C11H15BrN4. The number of anilines is 3. The molecule has 0 radical (unpaired) electrons. The van der Waals surface area contributed by atoms with Gasteiger partial charge in [-0.3, -0.25) is 0 Å². The molecule has 0 aromatic carbocycles. The number of pyridine rings is 1. The summed E-state index contributed by atoms with van der Waals surface area (Å²) in [5, 5.41) is 0. The molecule has 0 aliphatic carbocycles. The highest BCUT2D eigenvalue weighted by molar-refractivity contribution is 9.10. The van der Waals surface area contributed by atoms with Crippen LogP contribution in [-0.2, 0) is 0 Å². The minimum Gasteiger partial charge on any atom is -0.361 e. The third-order valence-electron chi connectivity index (χ3n) is 2.83. The summed E-state index contributed by atoms with van der Waals surface area (Å²) in [6.45, 7) is 4.06. The summed E-state index contributed by atoms with van der Waals surface area (Å²) >= 11 is 3.54. The lowest BCUT2D eigenvalue weighted by atomic mass is 10.3. The van der Waals surface area contributed by atoms with Gasteiger partial charge < -0.3 is 14.7 Å². The van der Waals surface area contributed by atoms with E-state index >= 15 is 0 Å². The third-order valence-corrected chi connectivity index (χ3v) is 3.41. The molecule has 1 aromatic rings. The fraction of sp³-hybridized carbons (Fsp3) is 0.364. The Kier molecular flexibility index (Phi) is 2.58. The fourth-order valence-electron chi connectivity index (χ4n) is 1.90. The Hall–Kier alpha value is -1.23. The average molecular weight is 283 g/mol. The molecule has 1 aliphatic rings. The molecule has 86 valence electrons. The number of halogens is 1. The predicted molar refractivity (Wildman–Crippen MR) is 72.2 cm³/mol. The Balaban J connectivity index is 2.71. The molecule has 0 spiro atoms. The van der Waals surface area contributed by atoms with Crippen molar-refractivity contribution in [1.82, 2.24) is 4.98 Å². The number of hydrogen-bond donors (Lipinski definition) is 0. The van der Waals surface area contributed by atoms with Gasteiger partial charge in [0.2, 0.25) is 0 Å². The van der Waals surface area contributed by atoms with Gasteiger partial charge in [-0.2, -0.15) is 0 Å². The van der Waals surface area contributed by atoms with Crippen LogP contribution in [0.2, 0.25) is 0 Å². The van der Waals surface area contributed by atoms with E-state index in [1.54, 1.807) is 0 Å². The molecular weight excluding hydrogens is 268 g/mol. The molecule has 2 heterocycles. The van der Waals surface area contributed by atoms with Crippen molar-refractivity contribution in [3.63, 3.8) is 0 Å². The summed E-state index contributed by atoms with van der Waals surface area (Å²) in [7, 11) is 8.00. The quantitative estimate of drug-likeness (QED) is 0.788. The molecule has 0 saturated heterocycles. The molecule has 16 heavy (non-hydrogen) atoms. The SMILES string of the molecule is C=C1N(C)c2c(Br)cnc(N(C)C)c2N1C. The number of nitrogens with zero attached hydrogens (tertiary/aromatic N) is 4. The van der Waals surface area contributed by atoms with Crippen molar-refractivity contribution in [2.75, 3.05) is 42.9 Å². The Morgan fingerprint density at radius 1 is 1.25 bits per heavy atom. The van der Waals surface area contributed by atoms with Gasteiger partial charge in [0.15, 0.2) is 5.82 Å². The standard InChI is InChI=1S/C11H15BrN4/c1-7-15(4)9-8(12)6-13-11(14(2)3)10(9)16(7)5/h6H,1H2,2-5H3. The molecule has 0 atom stereocenters. The normalized spacial score (nSPS) is 14.4. The maximum atomic E-state index is 4.44. The Morgan fingerprint density at radius 2 is 1.81 bits per heavy atom. The second kappa shape index (κ2) is 3.66. The van der Waals surface area contributed by atoms with E-state index in [2.05, 4.69) is 37.3 Å². The van der Waals surface area contributed by atoms with Gasteiger partial charge in [0, 0.05) is 34.4 Å². The molecule has 0 unspecified atom stereocenters. The molecule has 1 aliphatic heterocycles. The second-order valence-electron chi connectivity index (χ2n) is 4.06. The highest BCUT2D eigenvalue weighted by Gasteiger charge is 2.30. The molecule has 1 aromatic heterocycles. The summed E-state index contributed by atoms with van der Waals surface area (Å²) in [5.74, 6) is 1.90. The maximum absolute atomic E-state index is 4.44. The summed E-state index contributed by atoms with van der Waals surface area (Å²) in [5.41, 5.74) is 2.21. The van der Waals surface area contributed by atoms with Gasteiger partial charge in [-0.25, -0.2) is 4.98 Å². The molecule has 0 bridgehead atoms. The molecule has 4 nitrogen and oxygen atoms in total. The van der Waals surface area contributed by atoms with Crippen LogP contribution in [0, 0.1) is 0 Å². The van der Waals surface area contributed by atoms with Crippen LogP contribution in [0.15, 0.2) is 23.1 Å². The molecule has 0 N–H and O–H groups in total. The first-order chi connectivity index (χ1) is 7.45. The Labute approximate surface area is 104 Å². The Bertz CT molecular complexity index is 456. The zero-order chi connectivity index (χ0) is 12.0. The summed E-state index contributed by atoms with van der Waals surface area (Å²) in [4.78, 5) is 10.6. The van der Waals surface area contributed by atoms with E-state index in [4.69, 9.17) is 0 Å². The Morgan fingerprint density at radius 3 is 2.38 bits per heavy atom. The zero-order valence-electron chi connectivity index (χ0n) is 9.95. The highest BCUT2D eigenvalue weighted by Crippen LogP contribution is 2.47. The third kappa shape index (κ3) is 1.38. The van der Waals surface area contributed by atoms with Gasteiger partial charge in [-0.15, -0.1) is 0 Å². The first kappa shape index (κ1) is 11.3. The van der Waals surface area contributed by atoms with Gasteiger partial charge in [0.25, 0.3) is 0 Å². The zero-order valence-corrected chi connectivity index (χ0v) is 11.5. The predicted octanol–water partition coefficient (Wildman–Crippen LogP) is 2.27. The van der Waals surface area contributed by atoms with Crippen LogP contribution in [0.25, 0.3) is 0 Å². The number of aromatic nitrogens is 1. The molecule has 2 rings (SSSR count). The van der Waals surface area contributed by atoms with Crippen LogP contribution in [-0.4, -0.2) is 33.2 Å². The largest absolute Gasteiger partial charge is 0.361 e. The van der Waals surface area contributed by atoms with Crippen molar-refractivity contribution in [3.05, 3.63) is 23.1 Å². The van der Waals surface area contributed by atoms with Crippen LogP contribution in [0.1, 0.15) is 0 Å². The van der Waals surface area contributed by atoms with E-state index in [0.29, 0.717) is 0 Å². The van der Waals surface area contributed by atoms with Crippen LogP contribution >= 0.6 is 15.9 Å². The molecule has 5 heteroatoms. The molecule has 0 amide bonds. The highest BCUT2D eigenvalue weighted by atomic mass is 79.9. The molecule has 0 saturated carbocycles. The van der Waals surface area contributed by atoms with Crippen molar-refractivity contribution < 1.29 is 0 Å². The average Bonchev–Trinajstić information content (AvgIpc) is 2.45. The summed E-state index contributed by atoms with van der Waals surface area (Å²) in [6.07, 6.45) is 1.83. The van der Waals surface area contributed by atoms with E-state index in [9.17, 15) is 0 Å². The minimum absolute atomic E-state index is 0.950. The topological polar surface area (TPSA) is 22.6 Å². The van der Waals surface area contributed by atoms with Gasteiger partial charge in [-0.1, -0.05) is 6.58 Å². The lowest BCUT2D eigenvalue weighted by Crippen LogP contribution is -2.21. The summed E-state index contributed by atoms with van der Waals surface area (Å²) < 4.78 is 0.987. The van der Waals surface area contributed by atoms with E-state index < -0.39 is 0 Å². The van der Waals surface area contributed by atoms with Crippen molar-refractivity contribution >= 4 is 33.1 Å². The van der Waals surface area contributed by atoms with Crippen molar-refractivity contribution in [3.8, 4) is 0 Å². The van der Waals surface area contributed by atoms with Crippen LogP contribution < -0.4 is 14.7 Å². The van der Waals surface area contributed by atoms with Gasteiger partial charge in [0.1, 0.15) is 11.5 Å². The fourth-order valence-corrected chi connectivity index (χ4v) is 2.45. The van der Waals surface area contributed by atoms with Crippen LogP contribution in [0.3, 0.4) is 0 Å². The monoisotopic (exact) mass is 282 g/mol. The van der Waals surface area contributed by atoms with Crippen LogP contribution in [0.4, 0.5) is 17.2 Å². The molecule has 0 fully saturated rings. The lowest BCUT2D eigenvalue weighted by molar-refractivity contribution is 1.03. The number of fused-ring (bicyclic) bond motifs is 1. The second-order valence-corrected chi connectivity index (χ2v) is 4.91. The van der Waals surface area contributed by atoms with Crippen molar-refractivity contribution in [2.24, 2.45) is 0 Å². The number of hydrogen-bond acceptors (Lipinski definition) is 4. The first-order valence-corrected chi connectivity index (χ1v) is 5.76. The lowest BCUT2D eigenvalue weighted by Gasteiger charge is -2.19. The maximum Gasteiger partial charge on any atom is 0.154 e. The van der Waals surface area contributed by atoms with Gasteiger partial charge >= 0.3 is 0 Å². The van der Waals surface area contributed by atoms with E-state index in [1.807, 2.05) is 39.3 Å². The van der Waals surface area contributed by atoms with Gasteiger partial charge in [0.05, 0.1) is 10.2 Å². The summed E-state index contributed by atoms with van der Waals surface area (Å²) in [6, 6.07) is 0. The van der Waals surface area contributed by atoms with E-state index in [1.165, 1.54) is 0 Å². The minimum atomic E-state index is 0.950. The first-order valence-electron chi connectivity index (χ1n) is 4.97. The van der Waals surface area contributed by atoms with Crippen molar-refractivity contribution in [1.29, 1.82) is 0 Å².